The van der Waals surface area contributed by atoms with Crippen LogP contribution in [0.5, 0.6) is 0 Å². The van der Waals surface area contributed by atoms with E-state index in [0.29, 0.717) is 41.1 Å². The Balaban J connectivity index is 1.52. The smallest absolute Gasteiger partial charge is 0.243 e. The van der Waals surface area contributed by atoms with E-state index in [-0.39, 0.29) is 0 Å². The first-order chi connectivity index (χ1) is 15.1. The predicted octanol–water partition coefficient (Wildman–Crippen LogP) is 5.86. The van der Waals surface area contributed by atoms with Crippen LogP contribution in [0.4, 0.5) is 5.13 Å². The molecule has 4 rings (SSSR count). The van der Waals surface area contributed by atoms with Crippen LogP contribution in [-0.4, -0.2) is 43.9 Å². The van der Waals surface area contributed by atoms with Crippen LogP contribution in [0.2, 0.25) is 10.0 Å². The Bertz CT molecular complexity index is 1250. The number of nitrogens with zero attached hydrogens (tertiary/aromatic N) is 3. The SMILES string of the molecule is Cc1cc(C)c(C)c(S(=O)(=O)N2CCN(c3nc(-c4ccc(Cl)cc4Cl)cs3)CC2)c1C. The van der Waals surface area contributed by atoms with Gasteiger partial charge in [-0.25, -0.2) is 13.4 Å². The summed E-state index contributed by atoms with van der Waals surface area (Å²) in [5, 5.41) is 3.97. The molecule has 2 aromatic carbocycles. The molecule has 0 spiro atoms. The number of benzene rings is 2. The quantitative estimate of drug-likeness (QED) is 0.441. The average Bonchev–Trinajstić information content (AvgIpc) is 3.22. The lowest BCUT2D eigenvalue weighted by Crippen LogP contribution is -2.49. The van der Waals surface area contributed by atoms with Crippen LogP contribution in [-0.2, 0) is 10.0 Å². The highest BCUT2D eigenvalue weighted by Gasteiger charge is 2.32. The van der Waals surface area contributed by atoms with Gasteiger partial charge in [0.25, 0.3) is 0 Å². The van der Waals surface area contributed by atoms with Gasteiger partial charge in [0, 0.05) is 42.1 Å². The van der Waals surface area contributed by atoms with Crippen LogP contribution in [0.3, 0.4) is 0 Å². The van der Waals surface area contributed by atoms with Crippen molar-refractivity contribution >= 4 is 49.7 Å². The molecule has 0 radical (unpaired) electrons. The Morgan fingerprint density at radius 3 is 2.16 bits per heavy atom. The van der Waals surface area contributed by atoms with Crippen molar-refractivity contribution in [3.8, 4) is 11.3 Å². The molecule has 1 fully saturated rings. The highest BCUT2D eigenvalue weighted by atomic mass is 35.5. The van der Waals surface area contributed by atoms with Gasteiger partial charge in [0.05, 0.1) is 15.6 Å². The summed E-state index contributed by atoms with van der Waals surface area (Å²) in [5.41, 5.74) is 5.30. The highest BCUT2D eigenvalue weighted by Crippen LogP contribution is 2.34. The summed E-state index contributed by atoms with van der Waals surface area (Å²) >= 11 is 13.9. The lowest BCUT2D eigenvalue weighted by molar-refractivity contribution is 0.384. The molecule has 0 aliphatic carbocycles. The average molecular weight is 511 g/mol. The van der Waals surface area contributed by atoms with Gasteiger partial charge in [-0.05, 0) is 68.1 Å². The van der Waals surface area contributed by atoms with Crippen molar-refractivity contribution in [1.29, 1.82) is 0 Å². The van der Waals surface area contributed by atoms with Crippen molar-refractivity contribution in [1.82, 2.24) is 9.29 Å². The van der Waals surface area contributed by atoms with Gasteiger partial charge in [-0.2, -0.15) is 4.31 Å². The summed E-state index contributed by atoms with van der Waals surface area (Å²) in [5.74, 6) is 0. The van der Waals surface area contributed by atoms with Crippen molar-refractivity contribution in [3.05, 3.63) is 61.9 Å². The molecule has 1 aliphatic heterocycles. The second kappa shape index (κ2) is 8.95. The normalized spacial score (nSPS) is 15.4. The summed E-state index contributed by atoms with van der Waals surface area (Å²) in [6.45, 7) is 9.73. The molecule has 0 bridgehead atoms. The molecular formula is C23H25Cl2N3O2S2. The van der Waals surface area contributed by atoms with E-state index in [2.05, 4.69) is 11.0 Å². The van der Waals surface area contributed by atoms with Crippen LogP contribution < -0.4 is 4.90 Å². The van der Waals surface area contributed by atoms with Gasteiger partial charge in [0.1, 0.15) is 0 Å². The number of aromatic nitrogens is 1. The molecule has 9 heteroatoms. The van der Waals surface area contributed by atoms with E-state index >= 15 is 0 Å². The maximum absolute atomic E-state index is 13.5. The first-order valence-electron chi connectivity index (χ1n) is 10.3. The van der Waals surface area contributed by atoms with Gasteiger partial charge < -0.3 is 4.90 Å². The highest BCUT2D eigenvalue weighted by molar-refractivity contribution is 7.89. The maximum atomic E-state index is 13.5. The monoisotopic (exact) mass is 509 g/mol. The number of piperazine rings is 1. The van der Waals surface area contributed by atoms with Gasteiger partial charge >= 0.3 is 0 Å². The zero-order chi connectivity index (χ0) is 23.2. The second-order valence-electron chi connectivity index (χ2n) is 8.12. The van der Waals surface area contributed by atoms with Crippen LogP contribution in [0.25, 0.3) is 11.3 Å². The number of thiazole rings is 1. The molecule has 0 unspecified atom stereocenters. The largest absolute Gasteiger partial charge is 0.345 e. The number of anilines is 1. The third kappa shape index (κ3) is 4.29. The first-order valence-corrected chi connectivity index (χ1v) is 13.4. The van der Waals surface area contributed by atoms with E-state index in [1.54, 1.807) is 16.4 Å². The molecule has 32 heavy (non-hydrogen) atoms. The summed E-state index contributed by atoms with van der Waals surface area (Å²) in [7, 11) is -3.56. The van der Waals surface area contributed by atoms with Gasteiger partial charge in [-0.1, -0.05) is 29.3 Å². The lowest BCUT2D eigenvalue weighted by atomic mass is 10.0. The topological polar surface area (TPSA) is 53.5 Å². The molecule has 5 nitrogen and oxygen atoms in total. The zero-order valence-corrected chi connectivity index (χ0v) is 21.6. The van der Waals surface area contributed by atoms with Gasteiger partial charge in [0.2, 0.25) is 10.0 Å². The summed E-state index contributed by atoms with van der Waals surface area (Å²) in [4.78, 5) is 7.33. The van der Waals surface area contributed by atoms with Crippen molar-refractivity contribution in [2.75, 3.05) is 31.1 Å². The number of aryl methyl sites for hydroxylation is 2. The van der Waals surface area contributed by atoms with E-state index in [0.717, 1.165) is 38.6 Å². The maximum Gasteiger partial charge on any atom is 0.243 e. The van der Waals surface area contributed by atoms with Crippen LogP contribution in [0.1, 0.15) is 22.3 Å². The first kappa shape index (κ1) is 23.5. The predicted molar refractivity (Wildman–Crippen MR) is 134 cm³/mol. The van der Waals surface area contributed by atoms with E-state index < -0.39 is 10.0 Å². The summed E-state index contributed by atoms with van der Waals surface area (Å²) in [6.07, 6.45) is 0. The minimum Gasteiger partial charge on any atom is -0.345 e. The molecule has 1 saturated heterocycles. The Morgan fingerprint density at radius 2 is 1.56 bits per heavy atom. The fourth-order valence-electron chi connectivity index (χ4n) is 4.05. The van der Waals surface area contributed by atoms with Gasteiger partial charge in [0.15, 0.2) is 5.13 Å². The van der Waals surface area contributed by atoms with Crippen LogP contribution in [0, 0.1) is 27.7 Å². The number of hydrogen-bond acceptors (Lipinski definition) is 5. The lowest BCUT2D eigenvalue weighted by Gasteiger charge is -2.34. The molecule has 0 amide bonds. The van der Waals surface area contributed by atoms with Crippen molar-refractivity contribution in [3.63, 3.8) is 0 Å². The Morgan fingerprint density at radius 1 is 0.938 bits per heavy atom. The fraction of sp³-hybridized carbons (Fsp3) is 0.348. The molecule has 3 aromatic rings. The van der Waals surface area contributed by atoms with E-state index in [4.69, 9.17) is 28.2 Å². The second-order valence-corrected chi connectivity index (χ2v) is 11.7. The minimum atomic E-state index is -3.56. The van der Waals surface area contributed by atoms with Crippen molar-refractivity contribution in [2.45, 2.75) is 32.6 Å². The van der Waals surface area contributed by atoms with E-state index in [9.17, 15) is 8.42 Å². The van der Waals surface area contributed by atoms with Gasteiger partial charge in [-0.15, -0.1) is 11.3 Å². The van der Waals surface area contributed by atoms with E-state index in [1.165, 1.54) is 11.3 Å². The molecule has 1 aliphatic rings. The summed E-state index contributed by atoms with van der Waals surface area (Å²) < 4.78 is 28.6. The third-order valence-electron chi connectivity index (χ3n) is 6.10. The van der Waals surface area contributed by atoms with Crippen LogP contribution >= 0.6 is 34.5 Å². The third-order valence-corrected chi connectivity index (χ3v) is 9.73. The molecular weight excluding hydrogens is 485 g/mol. The van der Waals surface area contributed by atoms with Crippen LogP contribution in [0.15, 0.2) is 34.5 Å². The Kier molecular flexibility index (Phi) is 6.58. The van der Waals surface area contributed by atoms with Gasteiger partial charge in [-0.3, -0.25) is 0 Å². The number of hydrogen-bond donors (Lipinski definition) is 0. The molecule has 2 heterocycles. The van der Waals surface area contributed by atoms with Crippen molar-refractivity contribution < 1.29 is 8.42 Å². The molecule has 170 valence electrons. The Hall–Kier alpha value is -1.64. The number of rotatable bonds is 4. The Labute approximate surface area is 203 Å². The fourth-order valence-corrected chi connectivity index (χ4v) is 7.43. The molecule has 0 N–H and O–H groups in total. The standard InChI is InChI=1S/C23H25Cl2N3O2S2/c1-14-11-15(2)17(4)22(16(14)3)32(29,30)28-9-7-27(8-10-28)23-26-21(13-31-23)19-6-5-18(24)12-20(19)25/h5-6,11-13H,7-10H2,1-4H3. The molecule has 1 aromatic heterocycles. The molecule has 0 saturated carbocycles. The molecule has 0 atom stereocenters. The minimum absolute atomic E-state index is 0.421. The number of halogens is 2. The van der Waals surface area contributed by atoms with E-state index in [1.807, 2.05) is 39.1 Å². The zero-order valence-electron chi connectivity index (χ0n) is 18.4. The van der Waals surface area contributed by atoms with Crippen molar-refractivity contribution in [2.24, 2.45) is 0 Å². The number of sulfonamides is 1. The summed E-state index contributed by atoms with van der Waals surface area (Å²) in [6, 6.07) is 7.41.